The van der Waals surface area contributed by atoms with E-state index in [0.29, 0.717) is 25.2 Å². The first-order valence-electron chi connectivity index (χ1n) is 12.0. The number of hydrogen-bond donors (Lipinski definition) is 0. The number of carbonyl (C=O) groups is 2. The van der Waals surface area contributed by atoms with E-state index in [0.717, 1.165) is 55.7 Å². The van der Waals surface area contributed by atoms with Crippen molar-refractivity contribution in [3.63, 3.8) is 0 Å². The molecule has 0 radical (unpaired) electrons. The number of amides is 2. The van der Waals surface area contributed by atoms with Crippen LogP contribution in [0, 0.1) is 0 Å². The third-order valence-corrected chi connectivity index (χ3v) is 6.82. The molecule has 2 aliphatic rings. The number of para-hydroxylation sites is 2. The van der Waals surface area contributed by atoms with Crippen LogP contribution in [0.1, 0.15) is 36.0 Å². The van der Waals surface area contributed by atoms with E-state index in [2.05, 4.69) is 9.88 Å². The average molecular weight is 446 g/mol. The minimum atomic E-state index is 0.0514. The van der Waals surface area contributed by atoms with Gasteiger partial charge in [-0.25, -0.2) is 4.98 Å². The van der Waals surface area contributed by atoms with Crippen LogP contribution in [0.15, 0.2) is 54.9 Å². The zero-order valence-electron chi connectivity index (χ0n) is 19.0. The molecular weight excluding hydrogens is 414 g/mol. The van der Waals surface area contributed by atoms with E-state index in [4.69, 9.17) is 0 Å². The highest BCUT2D eigenvalue weighted by Gasteiger charge is 2.25. The van der Waals surface area contributed by atoms with Crippen LogP contribution in [0.2, 0.25) is 0 Å². The van der Waals surface area contributed by atoms with Gasteiger partial charge in [-0.1, -0.05) is 25.0 Å². The van der Waals surface area contributed by atoms with Crippen LogP contribution in [0.25, 0.3) is 16.7 Å². The molecule has 2 aromatic carbocycles. The number of piperazine rings is 1. The molecule has 33 heavy (non-hydrogen) atoms. The van der Waals surface area contributed by atoms with Gasteiger partial charge in [-0.3, -0.25) is 19.1 Å². The Hall–Kier alpha value is -3.19. The Kier molecular flexibility index (Phi) is 6.39. The van der Waals surface area contributed by atoms with Crippen molar-refractivity contribution in [2.75, 3.05) is 45.8 Å². The average Bonchev–Trinajstić information content (AvgIpc) is 3.09. The molecule has 2 fully saturated rings. The van der Waals surface area contributed by atoms with E-state index in [1.54, 1.807) is 0 Å². The highest BCUT2D eigenvalue weighted by atomic mass is 16.2. The van der Waals surface area contributed by atoms with Crippen LogP contribution in [0.4, 0.5) is 0 Å². The number of hydrogen-bond acceptors (Lipinski definition) is 4. The highest BCUT2D eigenvalue weighted by Crippen LogP contribution is 2.19. The van der Waals surface area contributed by atoms with Crippen LogP contribution >= 0.6 is 0 Å². The smallest absolute Gasteiger partial charge is 0.253 e. The second kappa shape index (κ2) is 9.75. The Morgan fingerprint density at radius 2 is 1.45 bits per heavy atom. The molecule has 2 amide bonds. The van der Waals surface area contributed by atoms with Crippen molar-refractivity contribution in [1.82, 2.24) is 24.3 Å². The largest absolute Gasteiger partial charge is 0.342 e. The van der Waals surface area contributed by atoms with E-state index < -0.39 is 0 Å². The van der Waals surface area contributed by atoms with Gasteiger partial charge < -0.3 is 9.80 Å². The highest BCUT2D eigenvalue weighted by molar-refractivity contribution is 5.94. The van der Waals surface area contributed by atoms with Gasteiger partial charge in [0.1, 0.15) is 6.33 Å². The molecule has 7 nitrogen and oxygen atoms in total. The lowest BCUT2D eigenvalue weighted by molar-refractivity contribution is -0.132. The number of imidazole rings is 1. The molecule has 172 valence electrons. The van der Waals surface area contributed by atoms with Crippen LogP contribution in [-0.4, -0.2) is 81.9 Å². The fourth-order valence-corrected chi connectivity index (χ4v) is 4.83. The van der Waals surface area contributed by atoms with Crippen molar-refractivity contribution < 1.29 is 9.59 Å². The number of fused-ring (bicyclic) bond motifs is 1. The molecular formula is C26H31N5O2. The Balaban J connectivity index is 1.17. The molecule has 2 aliphatic heterocycles. The lowest BCUT2D eigenvalue weighted by Crippen LogP contribution is -2.51. The molecule has 0 N–H and O–H groups in total. The molecule has 0 spiro atoms. The maximum absolute atomic E-state index is 13.0. The van der Waals surface area contributed by atoms with Crippen LogP contribution < -0.4 is 0 Å². The summed E-state index contributed by atoms with van der Waals surface area (Å²) in [5.74, 6) is 0.287. The third-order valence-electron chi connectivity index (χ3n) is 6.82. The summed E-state index contributed by atoms with van der Waals surface area (Å²) >= 11 is 0. The summed E-state index contributed by atoms with van der Waals surface area (Å²) in [6, 6.07) is 15.7. The summed E-state index contributed by atoms with van der Waals surface area (Å²) in [6.07, 6.45) is 6.50. The van der Waals surface area contributed by atoms with Crippen molar-refractivity contribution in [3.05, 3.63) is 60.4 Å². The van der Waals surface area contributed by atoms with Gasteiger partial charge >= 0.3 is 0 Å². The normalized spacial score (nSPS) is 17.8. The number of rotatable bonds is 4. The molecule has 7 heteroatoms. The predicted molar refractivity (Wildman–Crippen MR) is 128 cm³/mol. The molecule has 5 rings (SSSR count). The zero-order chi connectivity index (χ0) is 22.6. The molecule has 1 aromatic heterocycles. The van der Waals surface area contributed by atoms with Gasteiger partial charge in [-0.2, -0.15) is 0 Å². The third kappa shape index (κ3) is 4.78. The molecule has 2 saturated heterocycles. The first kappa shape index (κ1) is 21.6. The van der Waals surface area contributed by atoms with E-state index in [9.17, 15) is 9.59 Å². The standard InChI is InChI=1S/C26H31N5O2/c32-25(29-13-5-1-2-6-14-29)19-28-15-17-30(18-16-28)26(33)21-9-11-22(12-10-21)31-20-27-23-7-3-4-8-24(23)31/h3-4,7-12,20H,1-2,5-6,13-19H2. The molecule has 0 aliphatic carbocycles. The second-order valence-electron chi connectivity index (χ2n) is 9.01. The van der Waals surface area contributed by atoms with Gasteiger partial charge in [0.05, 0.1) is 17.6 Å². The van der Waals surface area contributed by atoms with Gasteiger partial charge in [0.15, 0.2) is 0 Å². The SMILES string of the molecule is O=C(CN1CCN(C(=O)c2ccc(-n3cnc4ccccc43)cc2)CC1)N1CCCCCC1. The van der Waals surface area contributed by atoms with Gasteiger partial charge in [0.2, 0.25) is 5.91 Å². The molecule has 3 aromatic rings. The first-order chi connectivity index (χ1) is 16.2. The number of benzene rings is 2. The van der Waals surface area contributed by atoms with Gasteiger partial charge in [0.25, 0.3) is 5.91 Å². The van der Waals surface area contributed by atoms with E-state index in [1.165, 1.54) is 12.8 Å². The van der Waals surface area contributed by atoms with Crippen molar-refractivity contribution in [2.24, 2.45) is 0 Å². The quantitative estimate of drug-likeness (QED) is 0.619. The predicted octanol–water partition coefficient (Wildman–Crippen LogP) is 3.19. The van der Waals surface area contributed by atoms with Crippen LogP contribution in [0.5, 0.6) is 0 Å². The maximum atomic E-state index is 13.0. The van der Waals surface area contributed by atoms with E-state index >= 15 is 0 Å². The molecule has 0 unspecified atom stereocenters. The number of nitrogens with zero attached hydrogens (tertiary/aromatic N) is 5. The van der Waals surface area contributed by atoms with Crippen LogP contribution in [-0.2, 0) is 4.79 Å². The minimum Gasteiger partial charge on any atom is -0.342 e. The maximum Gasteiger partial charge on any atom is 0.253 e. The molecule has 0 atom stereocenters. The summed E-state index contributed by atoms with van der Waals surface area (Å²) in [7, 11) is 0. The topological polar surface area (TPSA) is 61.7 Å². The Labute approximate surface area is 194 Å². The van der Waals surface area contributed by atoms with E-state index in [-0.39, 0.29) is 11.8 Å². The summed E-state index contributed by atoms with van der Waals surface area (Å²) < 4.78 is 2.03. The van der Waals surface area contributed by atoms with Crippen molar-refractivity contribution in [3.8, 4) is 5.69 Å². The lowest BCUT2D eigenvalue weighted by Gasteiger charge is -2.35. The van der Waals surface area contributed by atoms with Crippen molar-refractivity contribution >= 4 is 22.8 Å². The number of carbonyl (C=O) groups excluding carboxylic acids is 2. The first-order valence-corrected chi connectivity index (χ1v) is 12.0. The Morgan fingerprint density at radius 1 is 0.758 bits per heavy atom. The molecule has 0 saturated carbocycles. The number of likely N-dealkylation sites (tertiary alicyclic amines) is 1. The fraction of sp³-hybridized carbons (Fsp3) is 0.423. The summed E-state index contributed by atoms with van der Waals surface area (Å²) in [6.45, 7) is 5.04. The molecule has 0 bridgehead atoms. The monoisotopic (exact) mass is 445 g/mol. The van der Waals surface area contributed by atoms with Crippen LogP contribution in [0.3, 0.4) is 0 Å². The lowest BCUT2D eigenvalue weighted by atomic mass is 10.1. The summed E-state index contributed by atoms with van der Waals surface area (Å²) in [5, 5.41) is 0. The van der Waals surface area contributed by atoms with Gasteiger partial charge in [-0.15, -0.1) is 0 Å². The van der Waals surface area contributed by atoms with E-state index in [1.807, 2.05) is 69.2 Å². The van der Waals surface area contributed by atoms with Gasteiger partial charge in [-0.05, 0) is 49.2 Å². The summed E-state index contributed by atoms with van der Waals surface area (Å²) in [5.41, 5.74) is 3.67. The minimum absolute atomic E-state index is 0.0514. The summed E-state index contributed by atoms with van der Waals surface area (Å²) in [4.78, 5) is 36.3. The zero-order valence-corrected chi connectivity index (χ0v) is 19.0. The van der Waals surface area contributed by atoms with Gasteiger partial charge in [0, 0.05) is 50.5 Å². The Morgan fingerprint density at radius 3 is 2.18 bits per heavy atom. The Bertz CT molecular complexity index is 1110. The van der Waals surface area contributed by atoms with Crippen molar-refractivity contribution in [2.45, 2.75) is 25.7 Å². The van der Waals surface area contributed by atoms with Crippen molar-refractivity contribution in [1.29, 1.82) is 0 Å². The second-order valence-corrected chi connectivity index (χ2v) is 9.01. The number of aromatic nitrogens is 2. The fourth-order valence-electron chi connectivity index (χ4n) is 4.83. The molecule has 3 heterocycles.